The zero-order valence-electron chi connectivity index (χ0n) is 11.2. The lowest BCUT2D eigenvalue weighted by atomic mass is 10.0. The zero-order chi connectivity index (χ0) is 15.2. The number of hydrogen-bond acceptors (Lipinski definition) is 2. The molecule has 5 heteroatoms. The average molecular weight is 395 g/mol. The van der Waals surface area contributed by atoms with E-state index in [9.17, 15) is 9.59 Å². The summed E-state index contributed by atoms with van der Waals surface area (Å²) in [6.45, 7) is 0.314. The molecule has 21 heavy (non-hydrogen) atoms. The molecule has 0 aliphatic carbocycles. The molecule has 2 aromatic rings. The highest BCUT2D eigenvalue weighted by Gasteiger charge is 2.09. The first-order valence-electron chi connectivity index (χ1n) is 6.38. The van der Waals surface area contributed by atoms with Gasteiger partial charge in [-0.25, -0.2) is 0 Å². The van der Waals surface area contributed by atoms with E-state index in [-0.39, 0.29) is 12.3 Å². The van der Waals surface area contributed by atoms with Gasteiger partial charge in [0.25, 0.3) is 5.91 Å². The van der Waals surface area contributed by atoms with Crippen molar-refractivity contribution in [3.63, 3.8) is 0 Å². The number of hydrogen-bond donors (Lipinski definition) is 2. The number of amides is 1. The standard InChI is InChI=1S/C16H14INO3/c17-14-7-5-11(6-8-14)16(21)18-10-13-4-2-1-3-12(13)9-15(19)20/h1-8H,9-10H2,(H,18,21)(H,19,20). The summed E-state index contributed by atoms with van der Waals surface area (Å²) in [6.07, 6.45) is -0.0461. The number of carboxylic acid groups (broad SMARTS) is 1. The lowest BCUT2D eigenvalue weighted by Crippen LogP contribution is -2.23. The fourth-order valence-electron chi connectivity index (χ4n) is 1.94. The van der Waals surface area contributed by atoms with Crippen LogP contribution >= 0.6 is 22.6 Å². The molecule has 0 bridgehead atoms. The van der Waals surface area contributed by atoms with Crippen LogP contribution in [0.25, 0.3) is 0 Å². The van der Waals surface area contributed by atoms with Crippen molar-refractivity contribution in [3.05, 3.63) is 68.8 Å². The maximum Gasteiger partial charge on any atom is 0.307 e. The van der Waals surface area contributed by atoms with Crippen LogP contribution in [0.5, 0.6) is 0 Å². The quantitative estimate of drug-likeness (QED) is 0.766. The maximum absolute atomic E-state index is 12.0. The fourth-order valence-corrected chi connectivity index (χ4v) is 2.30. The SMILES string of the molecule is O=C(O)Cc1ccccc1CNC(=O)c1ccc(I)cc1. The number of carbonyl (C=O) groups is 2. The summed E-state index contributed by atoms with van der Waals surface area (Å²) in [5.74, 6) is -1.05. The summed E-state index contributed by atoms with van der Waals surface area (Å²) in [5.41, 5.74) is 2.12. The van der Waals surface area contributed by atoms with E-state index in [2.05, 4.69) is 27.9 Å². The van der Waals surface area contributed by atoms with E-state index >= 15 is 0 Å². The molecule has 108 valence electrons. The van der Waals surface area contributed by atoms with Gasteiger partial charge in [-0.2, -0.15) is 0 Å². The molecule has 0 aliphatic heterocycles. The molecular weight excluding hydrogens is 381 g/mol. The average Bonchev–Trinajstić information content (AvgIpc) is 2.46. The van der Waals surface area contributed by atoms with Crippen molar-refractivity contribution >= 4 is 34.5 Å². The Morgan fingerprint density at radius 1 is 1.00 bits per heavy atom. The molecule has 0 saturated heterocycles. The highest BCUT2D eigenvalue weighted by molar-refractivity contribution is 14.1. The molecule has 1 amide bonds. The third-order valence-corrected chi connectivity index (χ3v) is 3.73. The fraction of sp³-hybridized carbons (Fsp3) is 0.125. The summed E-state index contributed by atoms with van der Waals surface area (Å²) in [7, 11) is 0. The molecule has 0 saturated carbocycles. The van der Waals surface area contributed by atoms with E-state index in [0.717, 1.165) is 9.13 Å². The van der Waals surface area contributed by atoms with Gasteiger partial charge >= 0.3 is 5.97 Å². The van der Waals surface area contributed by atoms with Gasteiger partial charge in [0, 0.05) is 15.7 Å². The molecular formula is C16H14INO3. The Hall–Kier alpha value is -1.89. The molecule has 0 aliphatic rings. The van der Waals surface area contributed by atoms with E-state index in [1.807, 2.05) is 24.3 Å². The van der Waals surface area contributed by atoms with Crippen molar-refractivity contribution in [2.24, 2.45) is 0 Å². The van der Waals surface area contributed by atoms with Crippen molar-refractivity contribution in [3.8, 4) is 0 Å². The van der Waals surface area contributed by atoms with Gasteiger partial charge in [0.2, 0.25) is 0 Å². The largest absolute Gasteiger partial charge is 0.481 e. The zero-order valence-corrected chi connectivity index (χ0v) is 13.3. The lowest BCUT2D eigenvalue weighted by molar-refractivity contribution is -0.136. The van der Waals surface area contributed by atoms with Crippen LogP contribution in [0, 0.1) is 3.57 Å². The molecule has 0 heterocycles. The molecule has 0 aromatic heterocycles. The lowest BCUT2D eigenvalue weighted by Gasteiger charge is -2.09. The van der Waals surface area contributed by atoms with Crippen LogP contribution in [-0.2, 0) is 17.8 Å². The first-order chi connectivity index (χ1) is 10.1. The highest BCUT2D eigenvalue weighted by atomic mass is 127. The van der Waals surface area contributed by atoms with Gasteiger partial charge in [-0.3, -0.25) is 9.59 Å². The second-order valence-corrected chi connectivity index (χ2v) is 5.77. The maximum atomic E-state index is 12.0. The van der Waals surface area contributed by atoms with Gasteiger partial charge in [0.1, 0.15) is 0 Å². The predicted molar refractivity (Wildman–Crippen MR) is 88.1 cm³/mol. The Morgan fingerprint density at radius 3 is 2.24 bits per heavy atom. The summed E-state index contributed by atoms with van der Waals surface area (Å²) >= 11 is 2.18. The summed E-state index contributed by atoms with van der Waals surface area (Å²) in [5, 5.41) is 11.7. The number of rotatable bonds is 5. The predicted octanol–water partition coefficient (Wildman–Crippen LogP) is 2.85. The molecule has 2 N–H and O–H groups in total. The van der Waals surface area contributed by atoms with E-state index in [1.165, 1.54) is 0 Å². The summed E-state index contributed by atoms with van der Waals surface area (Å²) < 4.78 is 1.07. The molecule has 2 aromatic carbocycles. The smallest absolute Gasteiger partial charge is 0.307 e. The van der Waals surface area contributed by atoms with Gasteiger partial charge < -0.3 is 10.4 Å². The van der Waals surface area contributed by atoms with Gasteiger partial charge in [-0.15, -0.1) is 0 Å². The van der Waals surface area contributed by atoms with Crippen LogP contribution in [0.3, 0.4) is 0 Å². The monoisotopic (exact) mass is 395 g/mol. The van der Waals surface area contributed by atoms with Crippen molar-refractivity contribution in [2.45, 2.75) is 13.0 Å². The Kier molecular flexibility index (Phi) is 5.32. The van der Waals surface area contributed by atoms with Crippen LogP contribution in [-0.4, -0.2) is 17.0 Å². The topological polar surface area (TPSA) is 66.4 Å². The molecule has 2 rings (SSSR count). The Bertz CT molecular complexity index is 653. The van der Waals surface area contributed by atoms with Crippen molar-refractivity contribution in [2.75, 3.05) is 0 Å². The Balaban J connectivity index is 2.04. The number of benzene rings is 2. The normalized spacial score (nSPS) is 10.1. The second kappa shape index (κ2) is 7.21. The van der Waals surface area contributed by atoms with Crippen LogP contribution in [0.4, 0.5) is 0 Å². The van der Waals surface area contributed by atoms with Crippen LogP contribution in [0.1, 0.15) is 21.5 Å². The molecule has 0 fully saturated rings. The van der Waals surface area contributed by atoms with E-state index in [1.54, 1.807) is 24.3 Å². The van der Waals surface area contributed by atoms with E-state index in [4.69, 9.17) is 5.11 Å². The molecule has 0 unspecified atom stereocenters. The number of carboxylic acids is 1. The Labute approximate surface area is 136 Å². The minimum atomic E-state index is -0.883. The third-order valence-electron chi connectivity index (χ3n) is 3.01. The third kappa shape index (κ3) is 4.56. The van der Waals surface area contributed by atoms with Crippen molar-refractivity contribution in [1.29, 1.82) is 0 Å². The van der Waals surface area contributed by atoms with Crippen molar-refractivity contribution in [1.82, 2.24) is 5.32 Å². The number of aliphatic carboxylic acids is 1. The van der Waals surface area contributed by atoms with Crippen molar-refractivity contribution < 1.29 is 14.7 Å². The minimum absolute atomic E-state index is 0.0461. The van der Waals surface area contributed by atoms with E-state index < -0.39 is 5.97 Å². The molecule has 0 spiro atoms. The minimum Gasteiger partial charge on any atom is -0.481 e. The first-order valence-corrected chi connectivity index (χ1v) is 7.46. The Morgan fingerprint density at radius 2 is 1.62 bits per heavy atom. The van der Waals surface area contributed by atoms with Crippen LogP contribution in [0.15, 0.2) is 48.5 Å². The number of nitrogens with one attached hydrogen (secondary N) is 1. The number of halogens is 1. The first kappa shape index (κ1) is 15.5. The molecule has 0 radical (unpaired) electrons. The highest BCUT2D eigenvalue weighted by Crippen LogP contribution is 2.11. The van der Waals surface area contributed by atoms with Crippen LogP contribution < -0.4 is 5.32 Å². The molecule has 4 nitrogen and oxygen atoms in total. The van der Waals surface area contributed by atoms with Gasteiger partial charge in [-0.05, 0) is 58.0 Å². The van der Waals surface area contributed by atoms with E-state index in [0.29, 0.717) is 17.7 Å². The van der Waals surface area contributed by atoms with Gasteiger partial charge in [0.15, 0.2) is 0 Å². The molecule has 0 atom stereocenters. The van der Waals surface area contributed by atoms with Gasteiger partial charge in [0.05, 0.1) is 6.42 Å². The number of carbonyl (C=O) groups excluding carboxylic acids is 1. The summed E-state index contributed by atoms with van der Waals surface area (Å²) in [6, 6.07) is 14.5. The van der Waals surface area contributed by atoms with Gasteiger partial charge in [-0.1, -0.05) is 24.3 Å². The second-order valence-electron chi connectivity index (χ2n) is 4.53. The summed E-state index contributed by atoms with van der Waals surface area (Å²) in [4.78, 5) is 22.9. The van der Waals surface area contributed by atoms with Crippen LogP contribution in [0.2, 0.25) is 0 Å².